The second-order valence-corrected chi connectivity index (χ2v) is 3.93. The van der Waals surface area contributed by atoms with Crippen molar-refractivity contribution in [3.63, 3.8) is 0 Å². The molecule has 0 aliphatic heterocycles. The minimum Gasteiger partial charge on any atom is -0.477 e. The molecular weight excluding hydrogens is 242 g/mol. The van der Waals surface area contributed by atoms with Gasteiger partial charge in [0.2, 0.25) is 0 Å². The number of thiophene rings is 1. The SMILES string of the molecule is O=C(Nc1ccsc1C(=O)O)c1cnccn1. The van der Waals surface area contributed by atoms with Gasteiger partial charge in [-0.25, -0.2) is 9.78 Å². The molecule has 0 aromatic carbocycles. The maximum absolute atomic E-state index is 11.7. The van der Waals surface area contributed by atoms with E-state index in [1.807, 2.05) is 0 Å². The van der Waals surface area contributed by atoms with E-state index in [1.165, 1.54) is 24.7 Å². The van der Waals surface area contributed by atoms with Crippen molar-refractivity contribution in [1.29, 1.82) is 0 Å². The van der Waals surface area contributed by atoms with Crippen LogP contribution in [-0.4, -0.2) is 27.0 Å². The zero-order valence-electron chi connectivity index (χ0n) is 8.45. The van der Waals surface area contributed by atoms with Gasteiger partial charge in [0.1, 0.15) is 10.6 Å². The minimum atomic E-state index is -1.07. The molecule has 0 fully saturated rings. The van der Waals surface area contributed by atoms with Crippen molar-refractivity contribution in [3.8, 4) is 0 Å². The van der Waals surface area contributed by atoms with Gasteiger partial charge in [0, 0.05) is 12.4 Å². The van der Waals surface area contributed by atoms with E-state index in [1.54, 1.807) is 5.38 Å². The van der Waals surface area contributed by atoms with E-state index in [4.69, 9.17) is 5.11 Å². The van der Waals surface area contributed by atoms with Crippen molar-refractivity contribution in [3.05, 3.63) is 40.6 Å². The van der Waals surface area contributed by atoms with Crippen molar-refractivity contribution in [2.24, 2.45) is 0 Å². The summed E-state index contributed by atoms with van der Waals surface area (Å²) in [6.07, 6.45) is 4.15. The van der Waals surface area contributed by atoms with Crippen LogP contribution in [0.5, 0.6) is 0 Å². The lowest BCUT2D eigenvalue weighted by atomic mass is 10.3. The Bertz CT molecular complexity index is 553. The van der Waals surface area contributed by atoms with Gasteiger partial charge in [-0.3, -0.25) is 9.78 Å². The average Bonchev–Trinajstić information content (AvgIpc) is 2.78. The number of anilines is 1. The van der Waals surface area contributed by atoms with Gasteiger partial charge >= 0.3 is 5.97 Å². The molecule has 0 bridgehead atoms. The standard InChI is InChI=1S/C10H7N3O3S/c14-9(7-5-11-2-3-12-7)13-6-1-4-17-8(6)10(15)16/h1-5H,(H,13,14)(H,15,16). The van der Waals surface area contributed by atoms with Gasteiger partial charge in [0.05, 0.1) is 11.9 Å². The van der Waals surface area contributed by atoms with Gasteiger partial charge in [-0.15, -0.1) is 11.3 Å². The number of rotatable bonds is 3. The molecule has 2 aromatic rings. The quantitative estimate of drug-likeness (QED) is 0.859. The van der Waals surface area contributed by atoms with Crippen LogP contribution >= 0.6 is 11.3 Å². The van der Waals surface area contributed by atoms with Crippen molar-refractivity contribution < 1.29 is 14.7 Å². The fourth-order valence-electron chi connectivity index (χ4n) is 1.18. The Morgan fingerprint density at radius 3 is 2.82 bits per heavy atom. The van der Waals surface area contributed by atoms with Gasteiger partial charge in [0.25, 0.3) is 5.91 Å². The van der Waals surface area contributed by atoms with Crippen LogP contribution < -0.4 is 5.32 Å². The first-order valence-corrected chi connectivity index (χ1v) is 5.44. The molecular formula is C10H7N3O3S. The summed E-state index contributed by atoms with van der Waals surface area (Å²) < 4.78 is 0. The molecule has 6 nitrogen and oxygen atoms in total. The highest BCUT2D eigenvalue weighted by molar-refractivity contribution is 7.12. The predicted molar refractivity (Wildman–Crippen MR) is 61.3 cm³/mol. The summed E-state index contributed by atoms with van der Waals surface area (Å²) in [6.45, 7) is 0. The molecule has 0 saturated carbocycles. The summed E-state index contributed by atoms with van der Waals surface area (Å²) in [6, 6.07) is 1.53. The molecule has 2 N–H and O–H groups in total. The lowest BCUT2D eigenvalue weighted by Crippen LogP contribution is -2.15. The monoisotopic (exact) mass is 249 g/mol. The van der Waals surface area contributed by atoms with E-state index in [9.17, 15) is 9.59 Å². The van der Waals surface area contributed by atoms with Crippen LogP contribution in [-0.2, 0) is 0 Å². The highest BCUT2D eigenvalue weighted by Gasteiger charge is 2.15. The molecule has 1 amide bonds. The second-order valence-electron chi connectivity index (χ2n) is 3.01. The number of aromatic nitrogens is 2. The molecule has 0 radical (unpaired) electrons. The molecule has 17 heavy (non-hydrogen) atoms. The molecule has 0 atom stereocenters. The first-order valence-electron chi connectivity index (χ1n) is 4.56. The highest BCUT2D eigenvalue weighted by atomic mass is 32.1. The number of nitrogens with zero attached hydrogens (tertiary/aromatic N) is 2. The first-order chi connectivity index (χ1) is 8.18. The van der Waals surface area contributed by atoms with Crippen molar-refractivity contribution in [2.45, 2.75) is 0 Å². The van der Waals surface area contributed by atoms with Gasteiger partial charge in [0.15, 0.2) is 0 Å². The Labute approximate surface area is 100.0 Å². The van der Waals surface area contributed by atoms with E-state index in [-0.39, 0.29) is 16.3 Å². The largest absolute Gasteiger partial charge is 0.477 e. The van der Waals surface area contributed by atoms with Gasteiger partial charge < -0.3 is 10.4 Å². The van der Waals surface area contributed by atoms with E-state index in [2.05, 4.69) is 15.3 Å². The van der Waals surface area contributed by atoms with Crippen molar-refractivity contribution in [2.75, 3.05) is 5.32 Å². The Balaban J connectivity index is 2.19. The minimum absolute atomic E-state index is 0.0854. The van der Waals surface area contributed by atoms with E-state index in [0.717, 1.165) is 11.3 Å². The zero-order chi connectivity index (χ0) is 12.3. The first kappa shape index (κ1) is 11.2. The predicted octanol–water partition coefficient (Wildman–Crippen LogP) is 1.49. The highest BCUT2D eigenvalue weighted by Crippen LogP contribution is 2.22. The Morgan fingerprint density at radius 2 is 2.18 bits per heavy atom. The average molecular weight is 249 g/mol. The maximum Gasteiger partial charge on any atom is 0.348 e. The number of carboxylic acid groups (broad SMARTS) is 1. The molecule has 2 rings (SSSR count). The Morgan fingerprint density at radius 1 is 1.35 bits per heavy atom. The number of hydrogen-bond donors (Lipinski definition) is 2. The van der Waals surface area contributed by atoms with Crippen molar-refractivity contribution >= 4 is 28.9 Å². The van der Waals surface area contributed by atoms with E-state index in [0.29, 0.717) is 0 Å². The number of aromatic carboxylic acids is 1. The summed E-state index contributed by atoms with van der Waals surface area (Å²) in [5.74, 6) is -1.56. The van der Waals surface area contributed by atoms with Crippen molar-refractivity contribution in [1.82, 2.24) is 9.97 Å². The normalized spacial score (nSPS) is 9.88. The lowest BCUT2D eigenvalue weighted by molar-refractivity contribution is 0.0703. The third kappa shape index (κ3) is 2.45. The smallest absolute Gasteiger partial charge is 0.348 e. The fraction of sp³-hybridized carbons (Fsp3) is 0. The summed E-state index contributed by atoms with van der Waals surface area (Å²) in [7, 11) is 0. The van der Waals surface area contributed by atoms with Crippen LogP contribution in [0.1, 0.15) is 20.2 Å². The number of carbonyl (C=O) groups is 2. The van der Waals surface area contributed by atoms with Crippen LogP contribution in [0.25, 0.3) is 0 Å². The maximum atomic E-state index is 11.7. The molecule has 7 heteroatoms. The third-order valence-corrected chi connectivity index (χ3v) is 2.81. The Kier molecular flexibility index (Phi) is 3.10. The molecule has 0 spiro atoms. The molecule has 0 unspecified atom stereocenters. The number of carboxylic acids is 1. The van der Waals surface area contributed by atoms with Crippen LogP contribution in [0, 0.1) is 0 Å². The summed E-state index contributed by atoms with van der Waals surface area (Å²) in [5, 5.41) is 12.9. The molecule has 0 saturated heterocycles. The molecule has 86 valence electrons. The summed E-state index contributed by atoms with van der Waals surface area (Å²) in [5.41, 5.74) is 0.396. The van der Waals surface area contributed by atoms with Crippen LogP contribution in [0.3, 0.4) is 0 Å². The second kappa shape index (κ2) is 4.71. The summed E-state index contributed by atoms with van der Waals surface area (Å²) in [4.78, 5) is 30.2. The number of carbonyl (C=O) groups excluding carboxylic acids is 1. The topological polar surface area (TPSA) is 92.2 Å². The zero-order valence-corrected chi connectivity index (χ0v) is 9.27. The molecule has 0 aliphatic rings. The number of hydrogen-bond acceptors (Lipinski definition) is 5. The number of nitrogens with one attached hydrogen (secondary N) is 1. The Hall–Kier alpha value is -2.28. The van der Waals surface area contributed by atoms with Crippen LogP contribution in [0.4, 0.5) is 5.69 Å². The van der Waals surface area contributed by atoms with Gasteiger partial charge in [-0.05, 0) is 11.4 Å². The third-order valence-electron chi connectivity index (χ3n) is 1.90. The van der Waals surface area contributed by atoms with E-state index >= 15 is 0 Å². The van der Waals surface area contributed by atoms with Crippen LogP contribution in [0.15, 0.2) is 30.0 Å². The number of amides is 1. The summed E-state index contributed by atoms with van der Waals surface area (Å²) >= 11 is 1.04. The molecule has 2 aromatic heterocycles. The van der Waals surface area contributed by atoms with Gasteiger partial charge in [-0.2, -0.15) is 0 Å². The van der Waals surface area contributed by atoms with Gasteiger partial charge in [-0.1, -0.05) is 0 Å². The van der Waals surface area contributed by atoms with E-state index < -0.39 is 11.9 Å². The lowest BCUT2D eigenvalue weighted by Gasteiger charge is -2.02. The fourth-order valence-corrected chi connectivity index (χ4v) is 1.86. The molecule has 2 heterocycles. The van der Waals surface area contributed by atoms with Crippen LogP contribution in [0.2, 0.25) is 0 Å². The molecule has 0 aliphatic carbocycles.